The van der Waals surface area contributed by atoms with Crippen LogP contribution in [0.4, 0.5) is 0 Å². The normalized spacial score (nSPS) is 28.6. The average molecular weight is 1090 g/mol. The molecule has 0 aliphatic heterocycles. The van der Waals surface area contributed by atoms with Crippen molar-refractivity contribution in [3.8, 4) is 0 Å². The van der Waals surface area contributed by atoms with Gasteiger partial charge in [0.15, 0.2) is 0 Å². The summed E-state index contributed by atoms with van der Waals surface area (Å²) in [7, 11) is 0. The maximum Gasteiger partial charge on any atom is 0.361 e. The summed E-state index contributed by atoms with van der Waals surface area (Å²) < 4.78 is 18.1. The maximum absolute atomic E-state index is 13.9. The van der Waals surface area contributed by atoms with Crippen LogP contribution < -0.4 is 33.2 Å². The number of fused-ring (bicyclic) bond motifs is 5. The first kappa shape index (κ1) is 65.3. The predicted octanol–water partition coefficient (Wildman–Crippen LogP) is 5.26. The molecule has 0 saturated heterocycles. The minimum absolute atomic E-state index is 0. The molecule has 18 nitrogen and oxygen atoms in total. The molecule has 3 amide bonds. The molecule has 0 spiro atoms. The van der Waals surface area contributed by atoms with E-state index < -0.39 is 84.0 Å². The lowest BCUT2D eigenvalue weighted by Crippen LogP contribution is -2.63. The zero-order valence-corrected chi connectivity index (χ0v) is 46.5. The van der Waals surface area contributed by atoms with E-state index in [0.717, 1.165) is 18.4 Å². The number of ether oxygens (including phenoxy) is 3. The van der Waals surface area contributed by atoms with Gasteiger partial charge in [-0.2, -0.15) is 4.89 Å². The van der Waals surface area contributed by atoms with E-state index >= 15 is 0 Å². The summed E-state index contributed by atoms with van der Waals surface area (Å²) in [6.07, 6.45) is 3.10. The Morgan fingerprint density at radius 3 is 1.70 bits per heavy atom. The van der Waals surface area contributed by atoms with Crippen LogP contribution in [-0.2, 0) is 64.2 Å². The molecule has 0 unspecified atom stereocenters. The smallest absolute Gasteiger partial charge is 0.361 e. The molecule has 0 bridgehead atoms. The highest BCUT2D eigenvalue weighted by molar-refractivity contribution is 5.87. The highest BCUT2D eigenvalue weighted by atomic mass is 35.5. The van der Waals surface area contributed by atoms with Gasteiger partial charge < -0.3 is 47.4 Å². The number of benzene rings is 1. The summed E-state index contributed by atoms with van der Waals surface area (Å²) in [6.45, 7) is 16.4. The first-order valence-electron chi connectivity index (χ1n) is 25.5. The Hall–Kier alpha value is -3.78. The third-order valence-electron chi connectivity index (χ3n) is 16.6. The Bertz CT molecular complexity index is 2000. The van der Waals surface area contributed by atoms with Gasteiger partial charge in [-0.15, -0.1) is 37.2 Å². The average Bonchev–Trinajstić information content (AvgIpc) is 3.69. The molecule has 14 atom stereocenters. The fourth-order valence-electron chi connectivity index (χ4n) is 12.1. The van der Waals surface area contributed by atoms with Gasteiger partial charge in [-0.1, -0.05) is 92.6 Å². The van der Waals surface area contributed by atoms with E-state index in [9.17, 15) is 33.6 Å². The van der Waals surface area contributed by atoms with Crippen LogP contribution in [0.3, 0.4) is 0 Å². The molecule has 0 radical (unpaired) electrons. The summed E-state index contributed by atoms with van der Waals surface area (Å²) in [4.78, 5) is 103. The SMILES string of the molecule is CC(C)[C@H](N)C(=O)NCC(=O)OO[C@H]1C[C@H]2[C@@H]([C@H](OC(=O)CNC(=O)[C@@H](N)C(C)C)C[C@@H]3C[C@H](OC(=O)CNC(=O)[C@@H](N)C(C)C)CC[C@@]32C)[C@@H]2CC[C@H]([C@H](C)CCC(=O)OCc3ccccc3)[C@@]12C.Cl.Cl.Cl. The molecule has 73 heavy (non-hydrogen) atoms. The number of nitrogens with one attached hydrogen (secondary N) is 3. The number of hydrogen-bond donors (Lipinski definition) is 6. The monoisotopic (exact) mass is 1090 g/mol. The van der Waals surface area contributed by atoms with Crippen LogP contribution in [-0.4, -0.2) is 97.7 Å². The van der Waals surface area contributed by atoms with Crippen molar-refractivity contribution in [1.29, 1.82) is 0 Å². The summed E-state index contributed by atoms with van der Waals surface area (Å²) in [5.74, 6) is -4.61. The number of nitrogens with two attached hydrogens (primary N) is 3. The van der Waals surface area contributed by atoms with Crippen LogP contribution in [0, 0.1) is 64.1 Å². The number of rotatable bonds is 22. The molecule has 0 heterocycles. The van der Waals surface area contributed by atoms with E-state index in [2.05, 4.69) is 36.7 Å². The number of halogens is 3. The van der Waals surface area contributed by atoms with Crippen molar-refractivity contribution >= 4 is 78.8 Å². The van der Waals surface area contributed by atoms with Crippen LogP contribution in [0.1, 0.15) is 126 Å². The molecule has 0 aromatic heterocycles. The summed E-state index contributed by atoms with van der Waals surface area (Å²) in [5, 5.41) is 7.81. The lowest BCUT2D eigenvalue weighted by molar-refractivity contribution is -0.345. The molecule has 4 saturated carbocycles. The Labute approximate surface area is 450 Å². The first-order chi connectivity index (χ1) is 33.0. The van der Waals surface area contributed by atoms with Gasteiger partial charge in [0, 0.05) is 17.8 Å². The number of hydrogen-bond acceptors (Lipinski definition) is 15. The fraction of sp³-hybridized carbons (Fsp3) is 0.750. The number of carbonyl (C=O) groups is 7. The lowest BCUT2D eigenvalue weighted by Gasteiger charge is -2.64. The zero-order chi connectivity index (χ0) is 51.7. The minimum Gasteiger partial charge on any atom is -0.461 e. The molecule has 21 heteroatoms. The molecule has 9 N–H and O–H groups in total. The molecule has 1 aromatic rings. The number of esters is 3. The van der Waals surface area contributed by atoms with Crippen molar-refractivity contribution in [2.75, 3.05) is 19.6 Å². The van der Waals surface area contributed by atoms with Crippen molar-refractivity contribution in [3.63, 3.8) is 0 Å². The Morgan fingerprint density at radius 2 is 1.16 bits per heavy atom. The van der Waals surface area contributed by atoms with Gasteiger partial charge in [0.2, 0.25) is 17.7 Å². The maximum atomic E-state index is 13.9. The van der Waals surface area contributed by atoms with Crippen molar-refractivity contribution in [2.45, 2.75) is 163 Å². The van der Waals surface area contributed by atoms with Crippen molar-refractivity contribution in [1.82, 2.24) is 16.0 Å². The molecule has 1 aromatic carbocycles. The predicted molar refractivity (Wildman–Crippen MR) is 281 cm³/mol. The topological polar surface area (TPSA) is 280 Å². The Morgan fingerprint density at radius 1 is 0.644 bits per heavy atom. The lowest BCUT2D eigenvalue weighted by atomic mass is 9.43. The third kappa shape index (κ3) is 16.4. The molecule has 4 aliphatic carbocycles. The largest absolute Gasteiger partial charge is 0.461 e. The molecule has 416 valence electrons. The Balaban J connectivity index is 0.00000608. The summed E-state index contributed by atoms with van der Waals surface area (Å²) in [5.41, 5.74) is 18.0. The van der Waals surface area contributed by atoms with Crippen LogP contribution in [0.15, 0.2) is 30.3 Å². The van der Waals surface area contributed by atoms with Crippen LogP contribution in [0.5, 0.6) is 0 Å². The standard InChI is InChI=1S/C52H82N6O12.3ClH/c1-28(2)45(53)48(63)56-24-41(60)67-34-19-20-51(8)33(21-34)22-38(68-42(61)25-57-49(64)46(54)29(3)4)44-36-17-16-35(31(7)15-18-40(59)66-27-32-13-11-10-12-14-32)52(36,9)39(23-37(44)51)69-70-43(62)26-58-50(65)47(55)30(5)6;;;/h10-14,28-31,33-39,44-47H,15-27,53-55H2,1-9H3,(H,56,63)(H,57,64)(H,58,65);3*1H/t31-,33+,34-,35-,36+,37+,38-,39+,44+,45+,46+,47+,51+,52-;;;/m1.../s1. The van der Waals surface area contributed by atoms with Gasteiger partial charge in [-0.3, -0.25) is 33.7 Å². The highest BCUT2D eigenvalue weighted by Crippen LogP contribution is 2.69. The van der Waals surface area contributed by atoms with Gasteiger partial charge in [-0.25, -0.2) is 4.79 Å². The van der Waals surface area contributed by atoms with E-state index in [1.54, 1.807) is 13.8 Å². The number of amides is 3. The Kier molecular flexibility index (Phi) is 25.9. The van der Waals surface area contributed by atoms with Crippen LogP contribution in [0.2, 0.25) is 0 Å². The fourth-order valence-corrected chi connectivity index (χ4v) is 12.1. The van der Waals surface area contributed by atoms with Gasteiger partial charge in [0.05, 0.1) is 18.1 Å². The molecule has 4 fully saturated rings. The second-order valence-electron chi connectivity index (χ2n) is 22.1. The van der Waals surface area contributed by atoms with E-state index in [-0.39, 0.29) is 128 Å². The second kappa shape index (κ2) is 28.9. The quantitative estimate of drug-likeness (QED) is 0.0374. The van der Waals surface area contributed by atoms with Crippen molar-refractivity contribution in [3.05, 3.63) is 35.9 Å². The van der Waals surface area contributed by atoms with E-state index in [1.807, 2.05) is 58.0 Å². The zero-order valence-electron chi connectivity index (χ0n) is 44.1. The number of carbonyl (C=O) groups excluding carboxylic acids is 7. The van der Waals surface area contributed by atoms with Crippen molar-refractivity contribution < 1.29 is 57.5 Å². The molecule has 4 aliphatic rings. The third-order valence-corrected chi connectivity index (χ3v) is 16.6. The first-order valence-corrected chi connectivity index (χ1v) is 25.5. The molecule has 5 rings (SSSR count). The minimum atomic E-state index is -0.816. The van der Waals surface area contributed by atoms with Gasteiger partial charge >= 0.3 is 23.9 Å². The highest BCUT2D eigenvalue weighted by Gasteiger charge is 2.68. The van der Waals surface area contributed by atoms with Gasteiger partial charge in [-0.05, 0) is 110 Å². The van der Waals surface area contributed by atoms with Crippen LogP contribution in [0.25, 0.3) is 0 Å². The van der Waals surface area contributed by atoms with E-state index in [1.165, 1.54) is 0 Å². The van der Waals surface area contributed by atoms with E-state index in [0.29, 0.717) is 38.5 Å². The molecular formula is C52H85Cl3N6O12. The summed E-state index contributed by atoms with van der Waals surface area (Å²) in [6, 6.07) is 7.10. The van der Waals surface area contributed by atoms with E-state index in [4.69, 9.17) is 41.2 Å². The second-order valence-corrected chi connectivity index (χ2v) is 22.1. The van der Waals surface area contributed by atoms with Gasteiger partial charge in [0.1, 0.15) is 44.6 Å². The van der Waals surface area contributed by atoms with Gasteiger partial charge in [0.25, 0.3) is 0 Å². The molecular weight excluding hydrogens is 1010 g/mol. The summed E-state index contributed by atoms with van der Waals surface area (Å²) >= 11 is 0. The van der Waals surface area contributed by atoms with Crippen molar-refractivity contribution in [2.24, 2.45) is 81.3 Å². The van der Waals surface area contributed by atoms with Crippen LogP contribution >= 0.6 is 37.2 Å².